The van der Waals surface area contributed by atoms with Crippen LogP contribution >= 0.6 is 11.6 Å². The molecular formula is C35H21ClO9. The molecule has 0 aromatic heterocycles. The van der Waals surface area contributed by atoms with E-state index in [0.29, 0.717) is 5.56 Å². The first-order valence-electron chi connectivity index (χ1n) is 13.3. The van der Waals surface area contributed by atoms with Crippen LogP contribution in [-0.4, -0.2) is 29.1 Å². The molecule has 5 aromatic rings. The second kappa shape index (κ2) is 13.9. The predicted octanol–water partition coefficient (Wildman–Crippen LogP) is 6.94. The van der Waals surface area contributed by atoms with E-state index >= 15 is 0 Å². The molecule has 0 amide bonds. The first-order valence-corrected chi connectivity index (χ1v) is 13.7. The number of hydrogen-bond donors (Lipinski definition) is 0. The summed E-state index contributed by atoms with van der Waals surface area (Å²) in [5.74, 6) is -1.55. The Hall–Kier alpha value is -6.06. The summed E-state index contributed by atoms with van der Waals surface area (Å²) in [6.45, 7) is 0. The summed E-state index contributed by atoms with van der Waals surface area (Å²) in [7, 11) is 0. The van der Waals surface area contributed by atoms with Crippen molar-refractivity contribution in [1.82, 2.24) is 0 Å². The number of benzene rings is 5. The van der Waals surface area contributed by atoms with Gasteiger partial charge in [0.05, 0.1) is 22.3 Å². The molecule has 10 heteroatoms. The van der Waals surface area contributed by atoms with Crippen LogP contribution in [0.2, 0.25) is 0 Å². The van der Waals surface area contributed by atoms with Crippen molar-refractivity contribution in [3.05, 3.63) is 155 Å². The third kappa shape index (κ3) is 8.07. The molecule has 0 radical (unpaired) electrons. The number of hydrogen-bond acceptors (Lipinski definition) is 9. The van der Waals surface area contributed by atoms with Crippen molar-refractivity contribution >= 4 is 40.7 Å². The van der Waals surface area contributed by atoms with Crippen LogP contribution in [0, 0.1) is 0 Å². The first kappa shape index (κ1) is 30.4. The predicted molar refractivity (Wildman–Crippen MR) is 162 cm³/mol. The number of halogens is 1. The lowest BCUT2D eigenvalue weighted by atomic mass is 10.1. The number of esters is 4. The molecule has 0 heterocycles. The van der Waals surface area contributed by atoms with E-state index in [1.165, 1.54) is 97.1 Å². The Kier molecular flexibility index (Phi) is 9.42. The van der Waals surface area contributed by atoms with E-state index in [2.05, 4.69) is 0 Å². The van der Waals surface area contributed by atoms with Crippen LogP contribution in [0.5, 0.6) is 23.0 Å². The minimum Gasteiger partial charge on any atom is -0.423 e. The molecule has 0 N–H and O–H groups in total. The van der Waals surface area contributed by atoms with E-state index in [0.717, 1.165) is 0 Å². The van der Waals surface area contributed by atoms with Gasteiger partial charge in [0.2, 0.25) is 0 Å². The third-order valence-electron chi connectivity index (χ3n) is 6.20. The number of carbonyl (C=O) groups is 5. The van der Waals surface area contributed by atoms with Gasteiger partial charge in [-0.3, -0.25) is 4.79 Å². The van der Waals surface area contributed by atoms with Gasteiger partial charge < -0.3 is 18.9 Å². The Morgan fingerprint density at radius 3 is 0.844 bits per heavy atom. The van der Waals surface area contributed by atoms with E-state index in [4.69, 9.17) is 30.5 Å². The summed E-state index contributed by atoms with van der Waals surface area (Å²) in [5.41, 5.74) is 1.26. The maximum absolute atomic E-state index is 12.6. The zero-order valence-corrected chi connectivity index (χ0v) is 23.9. The van der Waals surface area contributed by atoms with Gasteiger partial charge in [0.15, 0.2) is 0 Å². The highest BCUT2D eigenvalue weighted by Gasteiger charge is 2.15. The fourth-order valence-corrected chi connectivity index (χ4v) is 4.00. The van der Waals surface area contributed by atoms with E-state index in [1.54, 1.807) is 30.3 Å². The summed E-state index contributed by atoms with van der Waals surface area (Å²) >= 11 is 5.41. The van der Waals surface area contributed by atoms with Crippen LogP contribution in [0.4, 0.5) is 0 Å². The maximum atomic E-state index is 12.6. The number of ether oxygens (including phenoxy) is 4. The minimum absolute atomic E-state index is 0.186. The topological polar surface area (TPSA) is 122 Å². The highest BCUT2D eigenvalue weighted by atomic mass is 35.5. The van der Waals surface area contributed by atoms with Gasteiger partial charge in [-0.05, 0) is 121 Å². The molecule has 0 saturated heterocycles. The van der Waals surface area contributed by atoms with E-state index in [-0.39, 0.29) is 45.3 Å². The van der Waals surface area contributed by atoms with Gasteiger partial charge in [0.25, 0.3) is 5.24 Å². The zero-order chi connectivity index (χ0) is 31.8. The third-order valence-corrected chi connectivity index (χ3v) is 6.42. The van der Waals surface area contributed by atoms with Gasteiger partial charge in [-0.25, -0.2) is 19.2 Å². The highest BCUT2D eigenvalue weighted by molar-refractivity contribution is 6.67. The maximum Gasteiger partial charge on any atom is 0.343 e. The summed E-state index contributed by atoms with van der Waals surface area (Å²) in [6, 6.07) is 31.7. The quantitative estimate of drug-likeness (QED) is 0.0979. The van der Waals surface area contributed by atoms with Crippen LogP contribution < -0.4 is 18.9 Å². The molecule has 0 saturated carbocycles. The average molecular weight is 621 g/mol. The van der Waals surface area contributed by atoms with Crippen LogP contribution in [-0.2, 0) is 0 Å². The summed E-state index contributed by atoms with van der Waals surface area (Å²) < 4.78 is 21.4. The Bertz CT molecular complexity index is 1850. The molecule has 0 aliphatic rings. The molecule has 0 fully saturated rings. The molecule has 0 unspecified atom stereocenters. The smallest absolute Gasteiger partial charge is 0.343 e. The number of rotatable bonds is 9. The fraction of sp³-hybridized carbons (Fsp3) is 0. The van der Waals surface area contributed by atoms with Crippen molar-refractivity contribution in [1.29, 1.82) is 0 Å². The molecular weight excluding hydrogens is 600 g/mol. The van der Waals surface area contributed by atoms with E-state index in [9.17, 15) is 24.0 Å². The monoisotopic (exact) mass is 620 g/mol. The standard InChI is InChI=1S/C35H21ClO9/c36-31(37)22-6-8-24(9-7-22)33(39)43-28-18-20-30(21-19-28)45-35(41)26-12-10-25(11-13-26)34(40)44-29-16-14-27(15-17-29)42-32(38)23-4-2-1-3-5-23/h1-21H. The van der Waals surface area contributed by atoms with Crippen LogP contribution in [0.1, 0.15) is 51.8 Å². The number of carbonyl (C=O) groups excluding carboxylic acids is 5. The Labute approximate surface area is 261 Å². The van der Waals surface area contributed by atoms with Crippen molar-refractivity contribution in [2.75, 3.05) is 0 Å². The molecule has 0 aliphatic carbocycles. The molecule has 0 aliphatic heterocycles. The van der Waals surface area contributed by atoms with Crippen LogP contribution in [0.15, 0.2) is 127 Å². The molecule has 0 spiro atoms. The van der Waals surface area contributed by atoms with Gasteiger partial charge >= 0.3 is 23.9 Å². The van der Waals surface area contributed by atoms with Gasteiger partial charge in [-0.1, -0.05) is 18.2 Å². The molecule has 0 bridgehead atoms. The van der Waals surface area contributed by atoms with Gasteiger partial charge in [0, 0.05) is 5.56 Å². The summed E-state index contributed by atoms with van der Waals surface area (Å²) in [5, 5.41) is -0.636. The molecule has 5 rings (SSSR count). The second-order valence-electron chi connectivity index (χ2n) is 9.30. The summed E-state index contributed by atoms with van der Waals surface area (Å²) in [4.78, 5) is 60.9. The van der Waals surface area contributed by atoms with Crippen molar-refractivity contribution in [2.45, 2.75) is 0 Å². The molecule has 9 nitrogen and oxygen atoms in total. The normalized spacial score (nSPS) is 10.3. The lowest BCUT2D eigenvalue weighted by molar-refractivity contribution is 0.0716. The summed E-state index contributed by atoms with van der Waals surface area (Å²) in [6.07, 6.45) is 0. The first-order chi connectivity index (χ1) is 21.7. The second-order valence-corrected chi connectivity index (χ2v) is 9.64. The average Bonchev–Trinajstić information content (AvgIpc) is 3.07. The van der Waals surface area contributed by atoms with Crippen molar-refractivity contribution in [3.8, 4) is 23.0 Å². The SMILES string of the molecule is O=C(Cl)c1ccc(C(=O)Oc2ccc(OC(=O)c3ccc(C(=O)Oc4ccc(OC(=O)c5ccccc5)cc4)cc3)cc2)cc1. The van der Waals surface area contributed by atoms with Crippen molar-refractivity contribution in [3.63, 3.8) is 0 Å². The van der Waals surface area contributed by atoms with Crippen LogP contribution in [0.25, 0.3) is 0 Å². The zero-order valence-electron chi connectivity index (χ0n) is 23.2. The van der Waals surface area contributed by atoms with E-state index < -0.39 is 29.1 Å². The molecule has 5 aromatic carbocycles. The van der Waals surface area contributed by atoms with Crippen molar-refractivity contribution < 1.29 is 42.9 Å². The van der Waals surface area contributed by atoms with Gasteiger partial charge in [-0.2, -0.15) is 0 Å². The Morgan fingerprint density at radius 1 is 0.333 bits per heavy atom. The Morgan fingerprint density at radius 2 is 0.578 bits per heavy atom. The van der Waals surface area contributed by atoms with E-state index in [1.807, 2.05) is 0 Å². The lowest BCUT2D eigenvalue weighted by Gasteiger charge is -2.08. The van der Waals surface area contributed by atoms with Gasteiger partial charge in [0.1, 0.15) is 23.0 Å². The highest BCUT2D eigenvalue weighted by Crippen LogP contribution is 2.22. The molecule has 45 heavy (non-hydrogen) atoms. The lowest BCUT2D eigenvalue weighted by Crippen LogP contribution is -2.11. The van der Waals surface area contributed by atoms with Crippen LogP contribution in [0.3, 0.4) is 0 Å². The Balaban J connectivity index is 1.11. The molecule has 0 atom stereocenters. The molecule has 222 valence electrons. The van der Waals surface area contributed by atoms with Gasteiger partial charge in [-0.15, -0.1) is 0 Å². The van der Waals surface area contributed by atoms with Crippen molar-refractivity contribution in [2.24, 2.45) is 0 Å². The largest absolute Gasteiger partial charge is 0.423 e. The fourth-order valence-electron chi connectivity index (χ4n) is 3.87. The minimum atomic E-state index is -0.672.